The average molecular weight is 297 g/mol. The first-order valence-corrected chi connectivity index (χ1v) is 6.05. The van der Waals surface area contributed by atoms with Crippen molar-refractivity contribution >= 4 is 34.8 Å². The van der Waals surface area contributed by atoms with E-state index in [1.807, 2.05) is 0 Å². The molecule has 0 bridgehead atoms. The van der Waals surface area contributed by atoms with Crippen LogP contribution in [0.3, 0.4) is 0 Å². The lowest BCUT2D eigenvalue weighted by Gasteiger charge is -2.09. The highest BCUT2D eigenvalue weighted by Crippen LogP contribution is 2.32. The van der Waals surface area contributed by atoms with Gasteiger partial charge in [0.2, 0.25) is 5.91 Å². The number of rotatable bonds is 3. The molecule has 0 saturated heterocycles. The van der Waals surface area contributed by atoms with Crippen LogP contribution in [0.15, 0.2) is 36.4 Å². The summed E-state index contributed by atoms with van der Waals surface area (Å²) in [6.07, 6.45) is 0. The van der Waals surface area contributed by atoms with Crippen molar-refractivity contribution in [2.75, 3.05) is 5.73 Å². The lowest BCUT2D eigenvalue weighted by molar-refractivity contribution is 0.100. The van der Waals surface area contributed by atoms with Crippen LogP contribution in [0.1, 0.15) is 10.4 Å². The Morgan fingerprint density at radius 1 is 1.05 bits per heavy atom. The molecule has 6 heteroatoms. The zero-order chi connectivity index (χ0) is 14.0. The molecule has 0 fully saturated rings. The van der Waals surface area contributed by atoms with Crippen molar-refractivity contribution < 1.29 is 9.53 Å². The van der Waals surface area contributed by atoms with Gasteiger partial charge >= 0.3 is 0 Å². The van der Waals surface area contributed by atoms with Gasteiger partial charge in [0.05, 0.1) is 15.7 Å². The summed E-state index contributed by atoms with van der Waals surface area (Å²) in [5, 5.41) is 0.817. The zero-order valence-electron chi connectivity index (χ0n) is 9.69. The Hall–Kier alpha value is -1.91. The van der Waals surface area contributed by atoms with Crippen LogP contribution in [0.2, 0.25) is 10.0 Å². The van der Waals surface area contributed by atoms with E-state index >= 15 is 0 Å². The molecule has 0 unspecified atom stereocenters. The second kappa shape index (κ2) is 5.38. The molecule has 2 aromatic rings. The van der Waals surface area contributed by atoms with E-state index in [0.717, 1.165) is 0 Å². The molecule has 19 heavy (non-hydrogen) atoms. The molecule has 0 spiro atoms. The van der Waals surface area contributed by atoms with Crippen molar-refractivity contribution in [3.05, 3.63) is 52.0 Å². The first kappa shape index (κ1) is 13.5. The van der Waals surface area contributed by atoms with Gasteiger partial charge < -0.3 is 16.2 Å². The van der Waals surface area contributed by atoms with Gasteiger partial charge in [-0.2, -0.15) is 0 Å². The Bertz CT molecular complexity index is 645. The van der Waals surface area contributed by atoms with Crippen LogP contribution >= 0.6 is 23.2 Å². The molecule has 0 aliphatic rings. The van der Waals surface area contributed by atoms with Crippen LogP contribution < -0.4 is 16.2 Å². The van der Waals surface area contributed by atoms with E-state index < -0.39 is 5.91 Å². The minimum absolute atomic E-state index is 0.308. The third kappa shape index (κ3) is 3.10. The molecule has 2 aromatic carbocycles. The van der Waals surface area contributed by atoms with Crippen LogP contribution in [-0.2, 0) is 0 Å². The minimum Gasteiger partial charge on any atom is -0.455 e. The Morgan fingerprint density at radius 2 is 1.79 bits per heavy atom. The van der Waals surface area contributed by atoms with Gasteiger partial charge in [-0.05, 0) is 30.3 Å². The summed E-state index contributed by atoms with van der Waals surface area (Å²) in [5.74, 6) is 0.351. The summed E-state index contributed by atoms with van der Waals surface area (Å²) in [6, 6.07) is 9.41. The summed E-state index contributed by atoms with van der Waals surface area (Å²) in [7, 11) is 0. The normalized spacial score (nSPS) is 10.2. The SMILES string of the molecule is NC(=O)c1ccc(Oc2ccc(Cl)c(Cl)c2)c(N)c1. The number of amides is 1. The van der Waals surface area contributed by atoms with Crippen molar-refractivity contribution in [3.8, 4) is 11.5 Å². The highest BCUT2D eigenvalue weighted by molar-refractivity contribution is 6.42. The summed E-state index contributed by atoms with van der Waals surface area (Å²) in [5.41, 5.74) is 11.6. The summed E-state index contributed by atoms with van der Waals surface area (Å²) in [4.78, 5) is 11.0. The van der Waals surface area contributed by atoms with Crippen LogP contribution in [0.25, 0.3) is 0 Å². The largest absolute Gasteiger partial charge is 0.455 e. The molecule has 4 N–H and O–H groups in total. The van der Waals surface area contributed by atoms with Crippen molar-refractivity contribution in [2.24, 2.45) is 5.73 Å². The van der Waals surface area contributed by atoms with Crippen molar-refractivity contribution in [1.82, 2.24) is 0 Å². The highest BCUT2D eigenvalue weighted by atomic mass is 35.5. The second-order valence-electron chi connectivity index (χ2n) is 3.79. The second-order valence-corrected chi connectivity index (χ2v) is 4.61. The van der Waals surface area contributed by atoms with Crippen molar-refractivity contribution in [3.63, 3.8) is 0 Å². The van der Waals surface area contributed by atoms with Crippen LogP contribution in [-0.4, -0.2) is 5.91 Å². The first-order valence-electron chi connectivity index (χ1n) is 5.29. The van der Waals surface area contributed by atoms with E-state index in [0.29, 0.717) is 32.8 Å². The summed E-state index contributed by atoms with van der Waals surface area (Å²) < 4.78 is 5.56. The van der Waals surface area contributed by atoms with Gasteiger partial charge in [0, 0.05) is 11.6 Å². The standard InChI is InChI=1S/C13H10Cl2N2O2/c14-9-3-2-8(6-10(9)15)19-12-4-1-7(13(17)18)5-11(12)16/h1-6H,16H2,(H2,17,18). The molecule has 0 heterocycles. The Morgan fingerprint density at radius 3 is 2.37 bits per heavy atom. The Kier molecular flexibility index (Phi) is 3.83. The van der Waals surface area contributed by atoms with Gasteiger partial charge in [0.15, 0.2) is 0 Å². The molecule has 0 atom stereocenters. The zero-order valence-corrected chi connectivity index (χ0v) is 11.2. The first-order chi connectivity index (χ1) is 8.97. The third-order valence-corrected chi connectivity index (χ3v) is 3.15. The number of carbonyl (C=O) groups excluding carboxylic acids is 1. The highest BCUT2D eigenvalue weighted by Gasteiger charge is 2.07. The number of benzene rings is 2. The van der Waals surface area contributed by atoms with E-state index in [4.69, 9.17) is 39.4 Å². The van der Waals surface area contributed by atoms with E-state index in [2.05, 4.69) is 0 Å². The van der Waals surface area contributed by atoms with Crippen LogP contribution in [0, 0.1) is 0 Å². The molecule has 2 rings (SSSR count). The number of hydrogen-bond donors (Lipinski definition) is 2. The number of hydrogen-bond acceptors (Lipinski definition) is 3. The Balaban J connectivity index is 2.28. The number of ether oxygens (including phenoxy) is 1. The number of nitrogen functional groups attached to an aromatic ring is 1. The van der Waals surface area contributed by atoms with Gasteiger partial charge in [-0.3, -0.25) is 4.79 Å². The molecule has 1 amide bonds. The van der Waals surface area contributed by atoms with Crippen LogP contribution in [0.4, 0.5) is 5.69 Å². The topological polar surface area (TPSA) is 78.3 Å². The smallest absolute Gasteiger partial charge is 0.248 e. The molecule has 4 nitrogen and oxygen atoms in total. The monoisotopic (exact) mass is 296 g/mol. The predicted molar refractivity (Wildman–Crippen MR) is 75.9 cm³/mol. The van der Waals surface area contributed by atoms with Gasteiger partial charge in [-0.25, -0.2) is 0 Å². The van der Waals surface area contributed by atoms with Gasteiger partial charge in [-0.1, -0.05) is 23.2 Å². The molecule has 0 aliphatic carbocycles. The fourth-order valence-corrected chi connectivity index (χ4v) is 1.75. The predicted octanol–water partition coefficient (Wildman–Crippen LogP) is 3.47. The molecule has 0 radical (unpaired) electrons. The van der Waals surface area contributed by atoms with Gasteiger partial charge in [-0.15, -0.1) is 0 Å². The third-order valence-electron chi connectivity index (χ3n) is 2.41. The van der Waals surface area contributed by atoms with E-state index in [1.165, 1.54) is 12.1 Å². The lowest BCUT2D eigenvalue weighted by Crippen LogP contribution is -2.11. The fourth-order valence-electron chi connectivity index (χ4n) is 1.46. The maximum atomic E-state index is 11.0. The Labute approximate surface area is 119 Å². The van der Waals surface area contributed by atoms with E-state index in [-0.39, 0.29) is 0 Å². The van der Waals surface area contributed by atoms with E-state index in [1.54, 1.807) is 24.3 Å². The minimum atomic E-state index is -0.548. The van der Waals surface area contributed by atoms with Gasteiger partial charge in [0.1, 0.15) is 11.5 Å². The molecule has 0 aliphatic heterocycles. The maximum absolute atomic E-state index is 11.0. The number of anilines is 1. The van der Waals surface area contributed by atoms with Crippen LogP contribution in [0.5, 0.6) is 11.5 Å². The number of halogens is 2. The number of nitrogens with two attached hydrogens (primary N) is 2. The summed E-state index contributed by atoms with van der Waals surface area (Å²) in [6.45, 7) is 0. The molecular weight excluding hydrogens is 287 g/mol. The molecule has 0 aromatic heterocycles. The van der Waals surface area contributed by atoms with Crippen molar-refractivity contribution in [1.29, 1.82) is 0 Å². The van der Waals surface area contributed by atoms with Crippen molar-refractivity contribution in [2.45, 2.75) is 0 Å². The lowest BCUT2D eigenvalue weighted by atomic mass is 10.2. The van der Waals surface area contributed by atoms with E-state index in [9.17, 15) is 4.79 Å². The van der Waals surface area contributed by atoms with Gasteiger partial charge in [0.25, 0.3) is 0 Å². The molecular formula is C13H10Cl2N2O2. The maximum Gasteiger partial charge on any atom is 0.248 e. The molecule has 0 saturated carbocycles. The molecule has 98 valence electrons. The summed E-state index contributed by atoms with van der Waals surface area (Å²) >= 11 is 11.7. The number of primary amides is 1. The fraction of sp³-hybridized carbons (Fsp3) is 0. The number of carbonyl (C=O) groups is 1. The quantitative estimate of drug-likeness (QED) is 0.851. The average Bonchev–Trinajstić information content (AvgIpc) is 2.36.